The first-order chi connectivity index (χ1) is 18.6. The van der Waals surface area contributed by atoms with Crippen LogP contribution in [0.3, 0.4) is 0 Å². The van der Waals surface area contributed by atoms with Crippen LogP contribution >= 0.6 is 11.5 Å². The predicted octanol–water partition coefficient (Wildman–Crippen LogP) is 3.95. The van der Waals surface area contributed by atoms with Crippen LogP contribution in [0.15, 0.2) is 42.5 Å². The van der Waals surface area contributed by atoms with Crippen molar-refractivity contribution >= 4 is 40.6 Å². The van der Waals surface area contributed by atoms with E-state index in [2.05, 4.69) is 23.5 Å². The first-order valence-corrected chi connectivity index (χ1v) is 13.4. The molecule has 0 aliphatic rings. The highest BCUT2D eigenvalue weighted by molar-refractivity contribution is 7.09. The number of ether oxygens (including phenoxy) is 2. The third-order valence-corrected chi connectivity index (χ3v) is 7.11. The fourth-order valence-electron chi connectivity index (χ4n) is 4.17. The van der Waals surface area contributed by atoms with E-state index in [9.17, 15) is 14.4 Å². The number of amides is 3. The Hall–Kier alpha value is -4.12. The molecule has 1 atom stereocenters. The summed E-state index contributed by atoms with van der Waals surface area (Å²) in [6, 6.07) is 11.3. The highest BCUT2D eigenvalue weighted by Crippen LogP contribution is 2.38. The minimum Gasteiger partial charge on any atom is -0.493 e. The van der Waals surface area contributed by atoms with Crippen LogP contribution in [-0.4, -0.2) is 42.9 Å². The summed E-state index contributed by atoms with van der Waals surface area (Å²) in [6.45, 7) is 6.51. The van der Waals surface area contributed by atoms with Gasteiger partial charge in [0.15, 0.2) is 17.2 Å². The normalized spacial score (nSPS) is 11.6. The number of nitrogens with zero attached hydrogens (tertiary/aromatic N) is 2. The maximum absolute atomic E-state index is 14.3. The average molecular weight is 554 g/mol. The van der Waals surface area contributed by atoms with E-state index in [1.54, 1.807) is 30.3 Å². The highest BCUT2D eigenvalue weighted by Gasteiger charge is 2.37. The Morgan fingerprint density at radius 2 is 1.77 bits per heavy atom. The van der Waals surface area contributed by atoms with Gasteiger partial charge in [0, 0.05) is 12.2 Å². The number of nitrogen functional groups attached to an aromatic ring is 1. The summed E-state index contributed by atoms with van der Waals surface area (Å²) >= 11 is 0.765. The van der Waals surface area contributed by atoms with E-state index in [-0.39, 0.29) is 22.2 Å². The van der Waals surface area contributed by atoms with Gasteiger partial charge in [-0.1, -0.05) is 45.0 Å². The number of carbonyl (C=O) groups excluding carboxylic acids is 3. The Bertz CT molecular complexity index is 1340. The number of rotatable bonds is 12. The number of aryl methyl sites for hydroxylation is 1. The van der Waals surface area contributed by atoms with Crippen LogP contribution in [0.25, 0.3) is 0 Å². The Kier molecular flexibility index (Phi) is 9.89. The summed E-state index contributed by atoms with van der Waals surface area (Å²) in [5.41, 5.74) is 13.1. The van der Waals surface area contributed by atoms with Gasteiger partial charge in [0.05, 0.1) is 19.9 Å². The number of aromatic nitrogens is 1. The van der Waals surface area contributed by atoms with Crippen molar-refractivity contribution in [1.29, 1.82) is 0 Å². The van der Waals surface area contributed by atoms with Crippen LogP contribution in [0.1, 0.15) is 64.5 Å². The van der Waals surface area contributed by atoms with E-state index >= 15 is 0 Å². The topological polar surface area (TPSA) is 150 Å². The summed E-state index contributed by atoms with van der Waals surface area (Å²) in [5.74, 6) is -0.569. The molecule has 0 saturated carbocycles. The van der Waals surface area contributed by atoms with Crippen molar-refractivity contribution in [1.82, 2.24) is 9.69 Å². The molecule has 0 fully saturated rings. The number of nitrogens with one attached hydrogen (secondary N) is 1. The predicted molar refractivity (Wildman–Crippen MR) is 152 cm³/mol. The van der Waals surface area contributed by atoms with Gasteiger partial charge in [-0.25, -0.2) is 0 Å². The maximum Gasteiger partial charge on any atom is 0.273 e. The van der Waals surface area contributed by atoms with Crippen molar-refractivity contribution in [3.05, 3.63) is 64.2 Å². The van der Waals surface area contributed by atoms with Gasteiger partial charge < -0.3 is 26.3 Å². The zero-order chi connectivity index (χ0) is 28.7. The minimum absolute atomic E-state index is 0.00941. The number of anilines is 2. The molecule has 0 aliphatic heterocycles. The first kappa shape index (κ1) is 29.4. The van der Waals surface area contributed by atoms with Crippen molar-refractivity contribution in [3.8, 4) is 11.5 Å². The van der Waals surface area contributed by atoms with Crippen molar-refractivity contribution in [2.75, 3.05) is 31.4 Å². The van der Waals surface area contributed by atoms with Gasteiger partial charge >= 0.3 is 0 Å². The lowest BCUT2D eigenvalue weighted by molar-refractivity contribution is -0.122. The van der Waals surface area contributed by atoms with Crippen LogP contribution in [0, 0.1) is 5.92 Å². The third-order valence-electron chi connectivity index (χ3n) is 6.26. The van der Waals surface area contributed by atoms with Gasteiger partial charge in [0.25, 0.3) is 11.8 Å². The summed E-state index contributed by atoms with van der Waals surface area (Å²) in [7, 11) is 3.02. The quantitative estimate of drug-likeness (QED) is 0.307. The molecule has 1 aromatic heterocycles. The van der Waals surface area contributed by atoms with Gasteiger partial charge in [0.2, 0.25) is 5.91 Å². The number of hydrogen-bond acceptors (Lipinski definition) is 8. The summed E-state index contributed by atoms with van der Waals surface area (Å²) in [6.07, 6.45) is 1.35. The Morgan fingerprint density at radius 1 is 1.08 bits per heavy atom. The molecule has 0 bridgehead atoms. The monoisotopic (exact) mass is 553 g/mol. The number of hydrogen-bond donors (Lipinski definition) is 3. The van der Waals surface area contributed by atoms with Gasteiger partial charge in [-0.05, 0) is 59.6 Å². The van der Waals surface area contributed by atoms with Crippen LogP contribution < -0.4 is 31.2 Å². The molecular weight excluding hydrogens is 518 g/mol. The van der Waals surface area contributed by atoms with Gasteiger partial charge in [-0.2, -0.15) is 4.37 Å². The number of methoxy groups -OCH3 is 2. The summed E-state index contributed by atoms with van der Waals surface area (Å²) in [4.78, 5) is 41.5. The fourth-order valence-corrected chi connectivity index (χ4v) is 4.91. The van der Waals surface area contributed by atoms with Crippen LogP contribution in [0.4, 0.5) is 11.4 Å². The van der Waals surface area contributed by atoms with E-state index in [1.807, 2.05) is 19.1 Å². The van der Waals surface area contributed by atoms with Crippen molar-refractivity contribution in [2.45, 2.75) is 39.7 Å². The molecule has 1 heterocycles. The molecule has 0 radical (unpaired) electrons. The molecule has 11 heteroatoms. The molecule has 2 aromatic carbocycles. The smallest absolute Gasteiger partial charge is 0.273 e. The van der Waals surface area contributed by atoms with E-state index in [4.69, 9.17) is 20.9 Å². The van der Waals surface area contributed by atoms with Crippen LogP contribution in [0.2, 0.25) is 0 Å². The molecule has 10 nitrogen and oxygen atoms in total. The number of primary amides is 1. The largest absolute Gasteiger partial charge is 0.493 e. The van der Waals surface area contributed by atoms with Gasteiger partial charge in [0.1, 0.15) is 10.9 Å². The number of para-hydroxylation sites is 1. The van der Waals surface area contributed by atoms with E-state index < -0.39 is 17.9 Å². The van der Waals surface area contributed by atoms with Gasteiger partial charge in [-0.15, -0.1) is 0 Å². The van der Waals surface area contributed by atoms with Crippen molar-refractivity contribution in [2.24, 2.45) is 11.7 Å². The third kappa shape index (κ3) is 6.48. The van der Waals surface area contributed by atoms with E-state index in [0.717, 1.165) is 23.5 Å². The number of benzene rings is 2. The molecule has 3 amide bonds. The number of carbonyl (C=O) groups is 3. The molecule has 208 valence electrons. The number of nitrogens with two attached hydrogens (primary N) is 2. The Labute approximate surface area is 232 Å². The SMILES string of the molecule is CCc1ccccc1N(C(=O)c1snc(C(N)=O)c1N)[C@@H](C(=O)NCCC(C)C)c1ccc(OC)c(OC)c1. The van der Waals surface area contributed by atoms with E-state index in [0.29, 0.717) is 41.6 Å². The standard InChI is InChI=1S/C28H35N5O5S/c1-6-17-9-7-8-10-19(17)33(28(36)25-22(29)23(26(30)34)32-39-25)24(27(35)31-14-13-16(2)3)18-11-12-20(37-4)21(15-18)38-5/h7-12,15-16,24H,6,13-14,29H2,1-5H3,(H2,30,34)(H,31,35)/t24-/m1/s1. The maximum atomic E-state index is 14.3. The minimum atomic E-state index is -1.12. The van der Waals surface area contributed by atoms with E-state index in [1.165, 1.54) is 19.1 Å². The lowest BCUT2D eigenvalue weighted by Crippen LogP contribution is -2.44. The molecule has 3 aromatic rings. The summed E-state index contributed by atoms with van der Waals surface area (Å²) in [5, 5.41) is 2.99. The highest BCUT2D eigenvalue weighted by atomic mass is 32.1. The lowest BCUT2D eigenvalue weighted by atomic mass is 9.99. The van der Waals surface area contributed by atoms with Crippen LogP contribution in [-0.2, 0) is 11.2 Å². The van der Waals surface area contributed by atoms with Crippen molar-refractivity contribution < 1.29 is 23.9 Å². The second kappa shape index (κ2) is 13.1. The average Bonchev–Trinajstić information content (AvgIpc) is 3.32. The van der Waals surface area contributed by atoms with Gasteiger partial charge in [-0.3, -0.25) is 19.3 Å². The molecular formula is C28H35N5O5S. The van der Waals surface area contributed by atoms with Crippen LogP contribution in [0.5, 0.6) is 11.5 Å². The molecule has 39 heavy (non-hydrogen) atoms. The molecule has 0 saturated heterocycles. The Morgan fingerprint density at radius 3 is 2.36 bits per heavy atom. The lowest BCUT2D eigenvalue weighted by Gasteiger charge is -2.33. The molecule has 0 aliphatic carbocycles. The summed E-state index contributed by atoms with van der Waals surface area (Å²) < 4.78 is 14.9. The zero-order valence-electron chi connectivity index (χ0n) is 22.8. The zero-order valence-corrected chi connectivity index (χ0v) is 23.6. The first-order valence-electron chi connectivity index (χ1n) is 12.6. The molecule has 0 unspecified atom stereocenters. The Balaban J connectivity index is 2.26. The second-order valence-corrected chi connectivity index (χ2v) is 10.1. The molecule has 3 rings (SSSR count). The second-order valence-electron chi connectivity index (χ2n) is 9.29. The molecule has 0 spiro atoms. The van der Waals surface area contributed by atoms with Crippen molar-refractivity contribution in [3.63, 3.8) is 0 Å². The molecule has 5 N–H and O–H groups in total. The fraction of sp³-hybridized carbons (Fsp3) is 0.357.